The third kappa shape index (κ3) is 9.36. The molecule has 0 spiro atoms. The molecule has 178 valence electrons. The number of epoxide rings is 1. The molecule has 1 heterocycles. The fourth-order valence-electron chi connectivity index (χ4n) is 4.94. The van der Waals surface area contributed by atoms with Crippen LogP contribution < -0.4 is 4.74 Å². The number of hydrogen-bond donors (Lipinski definition) is 0. The third-order valence-electron chi connectivity index (χ3n) is 5.66. The lowest BCUT2D eigenvalue weighted by Gasteiger charge is -2.33. The molecule has 0 saturated carbocycles. The van der Waals surface area contributed by atoms with Gasteiger partial charge in [0.05, 0.1) is 13.2 Å². The molecule has 2 aromatic carbocycles. The maximum atomic E-state index is 6.12. The number of rotatable bonds is 6. The van der Waals surface area contributed by atoms with Gasteiger partial charge in [-0.05, 0) is 69.9 Å². The van der Waals surface area contributed by atoms with Crippen molar-refractivity contribution in [1.29, 1.82) is 0 Å². The molecule has 0 atom stereocenters. The van der Waals surface area contributed by atoms with Crippen LogP contribution in [-0.4, -0.2) is 13.2 Å². The van der Waals surface area contributed by atoms with E-state index in [1.165, 1.54) is 11.1 Å². The van der Waals surface area contributed by atoms with Gasteiger partial charge in [-0.15, -0.1) is 0 Å². The van der Waals surface area contributed by atoms with Crippen molar-refractivity contribution < 1.29 is 9.47 Å². The first-order valence-electron chi connectivity index (χ1n) is 12.0. The van der Waals surface area contributed by atoms with Crippen LogP contribution in [0.2, 0.25) is 0 Å². The minimum absolute atomic E-state index is 0.150. The average Bonchev–Trinajstić information content (AvgIpc) is 3.48. The van der Waals surface area contributed by atoms with Crippen molar-refractivity contribution in [2.75, 3.05) is 13.2 Å². The summed E-state index contributed by atoms with van der Waals surface area (Å²) < 4.78 is 10.6. The van der Waals surface area contributed by atoms with E-state index in [0.29, 0.717) is 10.8 Å². The van der Waals surface area contributed by atoms with Gasteiger partial charge in [0, 0.05) is 0 Å². The zero-order valence-corrected chi connectivity index (χ0v) is 22.3. The van der Waals surface area contributed by atoms with Crippen molar-refractivity contribution in [3.8, 4) is 11.5 Å². The van der Waals surface area contributed by atoms with Gasteiger partial charge in [-0.1, -0.05) is 93.5 Å². The van der Waals surface area contributed by atoms with Crippen molar-refractivity contribution >= 4 is 0 Å². The molecular formula is C30H46O2. The first kappa shape index (κ1) is 26.5. The summed E-state index contributed by atoms with van der Waals surface area (Å²) in [7, 11) is 0. The highest BCUT2D eigenvalue weighted by atomic mass is 16.6. The van der Waals surface area contributed by atoms with Crippen LogP contribution in [0.3, 0.4) is 0 Å². The Morgan fingerprint density at radius 1 is 0.562 bits per heavy atom. The Bertz CT molecular complexity index is 754. The van der Waals surface area contributed by atoms with E-state index in [1.54, 1.807) is 0 Å². The molecule has 1 aliphatic heterocycles. The van der Waals surface area contributed by atoms with Gasteiger partial charge < -0.3 is 9.47 Å². The van der Waals surface area contributed by atoms with Crippen molar-refractivity contribution in [2.24, 2.45) is 10.8 Å². The van der Waals surface area contributed by atoms with Crippen LogP contribution in [0, 0.1) is 10.8 Å². The van der Waals surface area contributed by atoms with E-state index >= 15 is 0 Å². The van der Waals surface area contributed by atoms with Gasteiger partial charge in [-0.3, -0.25) is 0 Å². The van der Waals surface area contributed by atoms with E-state index in [9.17, 15) is 0 Å². The molecule has 2 heteroatoms. The fraction of sp³-hybridized carbons (Fsp3) is 0.600. The first-order chi connectivity index (χ1) is 14.6. The summed E-state index contributed by atoms with van der Waals surface area (Å²) in [5.74, 6) is 1.78. The van der Waals surface area contributed by atoms with Crippen molar-refractivity contribution in [3.63, 3.8) is 0 Å². The molecule has 32 heavy (non-hydrogen) atoms. The van der Waals surface area contributed by atoms with Gasteiger partial charge in [0.1, 0.15) is 11.5 Å². The molecule has 0 aliphatic carbocycles. The van der Waals surface area contributed by atoms with E-state index in [1.807, 2.05) is 0 Å². The van der Waals surface area contributed by atoms with Gasteiger partial charge in [0.15, 0.2) is 0 Å². The van der Waals surface area contributed by atoms with Crippen molar-refractivity contribution in [3.05, 3.63) is 59.7 Å². The minimum atomic E-state index is 0.150. The SMILES string of the molecule is C1CO1.CC(C)(C)CC(C)(C)c1ccc(Oc2ccc(C(C)(C)CC(C)(C)C)cc2)cc1. The third-order valence-corrected chi connectivity index (χ3v) is 5.66. The summed E-state index contributed by atoms with van der Waals surface area (Å²) in [5, 5.41) is 0. The van der Waals surface area contributed by atoms with E-state index in [4.69, 9.17) is 4.74 Å². The van der Waals surface area contributed by atoms with Crippen LogP contribution in [-0.2, 0) is 15.6 Å². The van der Waals surface area contributed by atoms with Gasteiger partial charge in [0.25, 0.3) is 0 Å². The van der Waals surface area contributed by atoms with Crippen LogP contribution in [0.4, 0.5) is 0 Å². The molecule has 0 radical (unpaired) electrons. The monoisotopic (exact) mass is 438 g/mol. The predicted octanol–water partition coefficient (Wildman–Crippen LogP) is 8.92. The predicted molar refractivity (Wildman–Crippen MR) is 138 cm³/mol. The summed E-state index contributed by atoms with van der Waals surface area (Å²) in [4.78, 5) is 0. The fourth-order valence-corrected chi connectivity index (χ4v) is 4.94. The van der Waals surface area contributed by atoms with Gasteiger partial charge in [-0.2, -0.15) is 0 Å². The second kappa shape index (κ2) is 10.00. The Morgan fingerprint density at radius 3 is 1.06 bits per heavy atom. The van der Waals surface area contributed by atoms with Crippen LogP contribution in [0.15, 0.2) is 48.5 Å². The van der Waals surface area contributed by atoms with Crippen molar-refractivity contribution in [2.45, 2.75) is 92.9 Å². The van der Waals surface area contributed by atoms with Crippen LogP contribution in [0.1, 0.15) is 93.2 Å². The molecule has 1 aliphatic rings. The molecular weight excluding hydrogens is 392 g/mol. The molecule has 0 amide bonds. The molecule has 0 aromatic heterocycles. The normalized spacial score (nSPS) is 14.4. The smallest absolute Gasteiger partial charge is 0.127 e. The van der Waals surface area contributed by atoms with Crippen molar-refractivity contribution in [1.82, 2.24) is 0 Å². The Hall–Kier alpha value is -1.80. The van der Waals surface area contributed by atoms with Crippen LogP contribution in [0.25, 0.3) is 0 Å². The zero-order chi connectivity index (χ0) is 24.2. The Labute approximate surface area is 197 Å². The Morgan fingerprint density at radius 2 is 0.844 bits per heavy atom. The summed E-state index contributed by atoms with van der Waals surface area (Å²) in [6, 6.07) is 17.2. The number of hydrogen-bond acceptors (Lipinski definition) is 2. The first-order valence-corrected chi connectivity index (χ1v) is 12.0. The van der Waals surface area contributed by atoms with E-state index < -0.39 is 0 Å². The highest BCUT2D eigenvalue weighted by molar-refractivity contribution is 5.37. The summed E-state index contributed by atoms with van der Waals surface area (Å²) >= 11 is 0. The molecule has 0 bridgehead atoms. The maximum Gasteiger partial charge on any atom is 0.127 e. The molecule has 2 aromatic rings. The highest BCUT2D eigenvalue weighted by Crippen LogP contribution is 2.38. The minimum Gasteiger partial charge on any atom is -0.457 e. The lowest BCUT2D eigenvalue weighted by atomic mass is 9.72. The summed E-state index contributed by atoms with van der Waals surface area (Å²) in [6.07, 6.45) is 2.29. The van der Waals surface area contributed by atoms with Gasteiger partial charge in [0.2, 0.25) is 0 Å². The molecule has 3 rings (SSSR count). The summed E-state index contributed by atoms with van der Waals surface area (Å²) in [6.45, 7) is 25.1. The Kier molecular flexibility index (Phi) is 8.26. The highest BCUT2D eigenvalue weighted by Gasteiger charge is 2.28. The second-order valence-electron chi connectivity index (χ2n) is 13.0. The number of benzene rings is 2. The standard InChI is InChI=1S/C28H42O.C2H4O/c1-25(2,3)19-27(7,8)21-11-15-23(16-12-21)29-24-17-13-22(14-18-24)28(9,10)20-26(4,5)6;1-2-3-1/h11-18H,19-20H2,1-10H3;1-2H2. The van der Waals surface area contributed by atoms with Gasteiger partial charge >= 0.3 is 0 Å². The Balaban J connectivity index is 0.00000111. The lowest BCUT2D eigenvalue weighted by molar-refractivity contribution is 0.283. The second-order valence-corrected chi connectivity index (χ2v) is 13.0. The molecule has 2 nitrogen and oxygen atoms in total. The quantitative estimate of drug-likeness (QED) is 0.420. The topological polar surface area (TPSA) is 21.8 Å². The number of ether oxygens (including phenoxy) is 2. The largest absolute Gasteiger partial charge is 0.457 e. The van der Waals surface area contributed by atoms with Gasteiger partial charge in [-0.25, -0.2) is 0 Å². The maximum absolute atomic E-state index is 6.12. The van der Waals surface area contributed by atoms with E-state index in [-0.39, 0.29) is 10.8 Å². The average molecular weight is 439 g/mol. The lowest BCUT2D eigenvalue weighted by Crippen LogP contribution is -2.24. The van der Waals surface area contributed by atoms with Crippen LogP contribution >= 0.6 is 0 Å². The summed E-state index contributed by atoms with van der Waals surface area (Å²) in [5.41, 5.74) is 3.63. The van der Waals surface area contributed by atoms with Crippen LogP contribution in [0.5, 0.6) is 11.5 Å². The molecule has 1 saturated heterocycles. The van der Waals surface area contributed by atoms with E-state index in [0.717, 1.165) is 37.6 Å². The molecule has 0 N–H and O–H groups in total. The molecule has 0 unspecified atom stereocenters. The van der Waals surface area contributed by atoms with E-state index in [2.05, 4.69) is 123 Å². The molecule has 1 fully saturated rings. The zero-order valence-electron chi connectivity index (χ0n) is 22.3.